The summed E-state index contributed by atoms with van der Waals surface area (Å²) in [5.74, 6) is 0.435. The predicted molar refractivity (Wildman–Crippen MR) is 180 cm³/mol. The number of unbranched alkanes of at least 4 members (excludes halogenated alkanes) is 2. The number of aliphatic imine (C=N–C) groups is 1. The third-order valence-electron chi connectivity index (χ3n) is 7.34. The molecule has 41 heavy (non-hydrogen) atoms. The van der Waals surface area contributed by atoms with Crippen molar-refractivity contribution in [3.05, 3.63) is 11.3 Å². The highest BCUT2D eigenvalue weighted by Crippen LogP contribution is 2.33. The summed E-state index contributed by atoms with van der Waals surface area (Å²) in [7, 11) is 0. The minimum absolute atomic E-state index is 0.0477. The molecule has 6 nitrogen and oxygen atoms in total. The first-order valence-corrected chi connectivity index (χ1v) is 17.8. The normalized spacial score (nSPS) is 17.7. The highest BCUT2D eigenvalue weighted by atomic mass is 32.2. The maximum Gasteiger partial charge on any atom is 0.266 e. The van der Waals surface area contributed by atoms with Crippen LogP contribution in [-0.2, 0) is 9.59 Å². The second-order valence-corrected chi connectivity index (χ2v) is 13.9. The molecule has 0 aromatic heterocycles. The average Bonchev–Trinajstić information content (AvgIpc) is 3.13. The van der Waals surface area contributed by atoms with E-state index in [-0.39, 0.29) is 34.9 Å². The number of rotatable bonds is 18. The van der Waals surface area contributed by atoms with Gasteiger partial charge in [-0.25, -0.2) is 0 Å². The van der Waals surface area contributed by atoms with Crippen molar-refractivity contribution in [3.63, 3.8) is 0 Å². The monoisotopic (exact) mass is 595 g/mol. The van der Waals surface area contributed by atoms with E-state index in [1.807, 2.05) is 6.26 Å². The van der Waals surface area contributed by atoms with Gasteiger partial charge in [-0.3, -0.25) is 19.5 Å². The number of carbonyl (C=O) groups is 2. The number of thioether (sulfide) groups is 1. The van der Waals surface area contributed by atoms with Gasteiger partial charge in [0.15, 0.2) is 0 Å². The Hall–Kier alpha value is -1.34. The number of carbonyl (C=O) groups excluding carboxylic acids is 2. The molecule has 0 aromatic carbocycles. The number of aliphatic hydroxyl groups is 1. The van der Waals surface area contributed by atoms with E-state index in [0.29, 0.717) is 30.5 Å². The summed E-state index contributed by atoms with van der Waals surface area (Å²) in [5, 5.41) is 11.4. The van der Waals surface area contributed by atoms with Crippen LogP contribution in [0.1, 0.15) is 133 Å². The molecule has 0 spiro atoms. The van der Waals surface area contributed by atoms with E-state index >= 15 is 0 Å². The number of imide groups is 1. The molecule has 240 valence electrons. The van der Waals surface area contributed by atoms with Gasteiger partial charge in [-0.15, -0.1) is 0 Å². The van der Waals surface area contributed by atoms with Crippen LogP contribution in [-0.4, -0.2) is 76.2 Å². The number of nitrogens with zero attached hydrogens (tertiary/aromatic N) is 3. The summed E-state index contributed by atoms with van der Waals surface area (Å²) >= 11 is 1.66. The fraction of sp³-hybridized carbons (Fsp3) is 0.853. The molecule has 1 N–H and O–H groups in total. The summed E-state index contributed by atoms with van der Waals surface area (Å²) in [6.45, 7) is 24.6. The quantitative estimate of drug-likeness (QED) is 0.127. The summed E-state index contributed by atoms with van der Waals surface area (Å²) in [6.07, 6.45) is 10.7. The Balaban J connectivity index is 0.00000509. The first-order chi connectivity index (χ1) is 19.3. The van der Waals surface area contributed by atoms with Crippen LogP contribution in [0.4, 0.5) is 0 Å². The molecule has 0 saturated heterocycles. The molecule has 0 bridgehead atoms. The van der Waals surface area contributed by atoms with E-state index < -0.39 is 6.04 Å². The van der Waals surface area contributed by atoms with E-state index in [0.717, 1.165) is 63.9 Å². The number of hydrogen-bond acceptors (Lipinski definition) is 6. The molecule has 0 radical (unpaired) electrons. The zero-order valence-electron chi connectivity index (χ0n) is 28.6. The average molecular weight is 596 g/mol. The van der Waals surface area contributed by atoms with Gasteiger partial charge in [0, 0.05) is 12.5 Å². The Bertz CT molecular complexity index is 815. The van der Waals surface area contributed by atoms with Gasteiger partial charge in [-0.2, -0.15) is 11.8 Å². The van der Waals surface area contributed by atoms with Crippen LogP contribution in [0, 0.1) is 11.3 Å². The van der Waals surface area contributed by atoms with Crippen molar-refractivity contribution < 1.29 is 14.7 Å². The second kappa shape index (κ2) is 21.4. The van der Waals surface area contributed by atoms with Crippen molar-refractivity contribution in [1.29, 1.82) is 0 Å². The molecule has 1 aliphatic rings. The van der Waals surface area contributed by atoms with E-state index in [4.69, 9.17) is 4.99 Å². The van der Waals surface area contributed by atoms with Crippen LogP contribution in [0.5, 0.6) is 0 Å². The molecule has 0 fully saturated rings. The van der Waals surface area contributed by atoms with Crippen molar-refractivity contribution in [2.75, 3.05) is 31.6 Å². The van der Waals surface area contributed by atoms with Crippen LogP contribution in [0.15, 0.2) is 16.3 Å². The van der Waals surface area contributed by atoms with Gasteiger partial charge >= 0.3 is 0 Å². The Labute approximate surface area is 258 Å². The van der Waals surface area contributed by atoms with Gasteiger partial charge in [0.1, 0.15) is 11.3 Å². The molecule has 3 atom stereocenters. The summed E-state index contributed by atoms with van der Waals surface area (Å²) < 4.78 is 0. The molecule has 0 aromatic rings. The van der Waals surface area contributed by atoms with Crippen LogP contribution in [0.3, 0.4) is 0 Å². The molecule has 2 amide bonds. The third kappa shape index (κ3) is 15.1. The van der Waals surface area contributed by atoms with Crippen molar-refractivity contribution in [2.24, 2.45) is 16.3 Å². The molecule has 7 heteroatoms. The standard InChI is InChI=1S/C31H57N3O3S.C3H8/c1-10-13-14-17-25(32-24(5)16-15-19-33(11-2)12-3)28-29(36)26(18-20-38-9)34(30(28)37)27(35)21-23(4)22-31(6,7)8;1-3-2/h23-24,26,36H,10-22H2,1-9H3;3H2,1-2H3. The lowest BCUT2D eigenvalue weighted by molar-refractivity contribution is -0.143. The number of amides is 2. The van der Waals surface area contributed by atoms with Crippen LogP contribution < -0.4 is 0 Å². The Morgan fingerprint density at radius 1 is 1.07 bits per heavy atom. The molecule has 1 aliphatic heterocycles. The molecule has 1 heterocycles. The SMILES string of the molecule is CCC.CCCCCC(=NC(C)CCCN(CC)CC)C1=C(O)C(CCSC)N(C(=O)CC(C)CC(C)(C)C)C1=O. The summed E-state index contributed by atoms with van der Waals surface area (Å²) in [6, 6.07) is -0.537. The maximum absolute atomic E-state index is 13.8. The topological polar surface area (TPSA) is 73.2 Å². The largest absolute Gasteiger partial charge is 0.509 e. The number of hydrogen-bond donors (Lipinski definition) is 1. The first kappa shape index (κ1) is 39.7. The van der Waals surface area contributed by atoms with Crippen molar-refractivity contribution in [1.82, 2.24) is 9.80 Å². The van der Waals surface area contributed by atoms with Gasteiger partial charge in [0.25, 0.3) is 5.91 Å². The molecule has 0 aliphatic carbocycles. The molecule has 3 unspecified atom stereocenters. The molecular weight excluding hydrogens is 530 g/mol. The summed E-state index contributed by atoms with van der Waals surface area (Å²) in [5.41, 5.74) is 1.09. The lowest BCUT2D eigenvalue weighted by atomic mass is 9.84. The van der Waals surface area contributed by atoms with E-state index in [2.05, 4.69) is 74.1 Å². The minimum atomic E-state index is -0.589. The van der Waals surface area contributed by atoms with E-state index in [1.165, 1.54) is 11.3 Å². The lowest BCUT2D eigenvalue weighted by Crippen LogP contribution is -2.42. The predicted octanol–water partition coefficient (Wildman–Crippen LogP) is 8.70. The lowest BCUT2D eigenvalue weighted by Gasteiger charge is -2.27. The summed E-state index contributed by atoms with van der Waals surface area (Å²) in [4.78, 5) is 36.1. The van der Waals surface area contributed by atoms with Gasteiger partial charge in [0.2, 0.25) is 5.91 Å². The van der Waals surface area contributed by atoms with Crippen molar-refractivity contribution in [3.8, 4) is 0 Å². The Morgan fingerprint density at radius 2 is 1.68 bits per heavy atom. The van der Waals surface area contributed by atoms with Gasteiger partial charge in [-0.1, -0.05) is 81.6 Å². The van der Waals surface area contributed by atoms with E-state index in [1.54, 1.807) is 11.8 Å². The molecule has 0 saturated carbocycles. The van der Waals surface area contributed by atoms with Crippen LogP contribution in [0.25, 0.3) is 0 Å². The Kier molecular flexibility index (Phi) is 20.7. The molecular formula is C34H65N3O3S. The van der Waals surface area contributed by atoms with E-state index in [9.17, 15) is 14.7 Å². The Morgan fingerprint density at radius 3 is 2.20 bits per heavy atom. The zero-order valence-corrected chi connectivity index (χ0v) is 29.5. The third-order valence-corrected chi connectivity index (χ3v) is 7.98. The second-order valence-electron chi connectivity index (χ2n) is 13.0. The van der Waals surface area contributed by atoms with Gasteiger partial charge in [0.05, 0.1) is 11.8 Å². The van der Waals surface area contributed by atoms with Crippen molar-refractivity contribution in [2.45, 2.75) is 146 Å². The zero-order chi connectivity index (χ0) is 31.6. The van der Waals surface area contributed by atoms with Crippen LogP contribution in [0.2, 0.25) is 0 Å². The highest BCUT2D eigenvalue weighted by molar-refractivity contribution is 7.98. The molecule has 1 rings (SSSR count). The maximum atomic E-state index is 13.8. The van der Waals surface area contributed by atoms with Crippen molar-refractivity contribution >= 4 is 29.3 Å². The fourth-order valence-electron chi connectivity index (χ4n) is 5.51. The smallest absolute Gasteiger partial charge is 0.266 e. The first-order valence-electron chi connectivity index (χ1n) is 16.4. The number of aliphatic hydroxyl groups excluding tert-OH is 1. The van der Waals surface area contributed by atoms with Gasteiger partial charge in [-0.05, 0) is 88.4 Å². The van der Waals surface area contributed by atoms with Crippen LogP contribution >= 0.6 is 11.8 Å². The fourth-order valence-corrected chi connectivity index (χ4v) is 5.96. The highest BCUT2D eigenvalue weighted by Gasteiger charge is 2.44. The minimum Gasteiger partial charge on any atom is -0.509 e. The van der Waals surface area contributed by atoms with Gasteiger partial charge < -0.3 is 10.0 Å².